The fourth-order valence-corrected chi connectivity index (χ4v) is 3.19. The van der Waals surface area contributed by atoms with E-state index in [0.717, 1.165) is 23.9 Å². The van der Waals surface area contributed by atoms with Crippen molar-refractivity contribution in [2.75, 3.05) is 6.54 Å². The van der Waals surface area contributed by atoms with Gasteiger partial charge in [0.05, 0.1) is 9.95 Å². The molecule has 110 valence electrons. The molecule has 1 N–H and O–H groups in total. The first-order valence-corrected chi connectivity index (χ1v) is 7.57. The maximum Gasteiger partial charge on any atom is 0.270 e. The molecule has 0 aromatic heterocycles. The van der Waals surface area contributed by atoms with E-state index in [1.54, 1.807) is 6.07 Å². The molecule has 5 heteroatoms. The predicted octanol–water partition coefficient (Wildman–Crippen LogP) is 4.16. The fourth-order valence-electron chi connectivity index (χ4n) is 2.95. The van der Waals surface area contributed by atoms with E-state index in [1.165, 1.54) is 37.8 Å². The number of halogens is 1. The van der Waals surface area contributed by atoms with Crippen molar-refractivity contribution in [3.8, 4) is 0 Å². The second-order valence-electron chi connectivity index (χ2n) is 5.80. The van der Waals surface area contributed by atoms with Gasteiger partial charge >= 0.3 is 0 Å². The molecule has 0 aliphatic heterocycles. The van der Waals surface area contributed by atoms with Crippen LogP contribution in [0.4, 0.5) is 5.69 Å². The molecule has 1 aliphatic carbocycles. The molecule has 0 radical (unpaired) electrons. The monoisotopic (exact) mass is 296 g/mol. The molecule has 4 nitrogen and oxygen atoms in total. The Labute approximate surface area is 124 Å². The topological polar surface area (TPSA) is 55.2 Å². The number of nitro benzene ring substituents is 1. The van der Waals surface area contributed by atoms with Crippen LogP contribution in [-0.2, 0) is 6.54 Å². The van der Waals surface area contributed by atoms with Crippen LogP contribution in [0.15, 0.2) is 18.2 Å². The molecule has 1 aliphatic rings. The molecular weight excluding hydrogens is 276 g/mol. The molecule has 1 fully saturated rings. The molecule has 2 rings (SSSR count). The van der Waals surface area contributed by atoms with E-state index < -0.39 is 4.92 Å². The van der Waals surface area contributed by atoms with Crippen molar-refractivity contribution in [1.82, 2.24) is 5.32 Å². The largest absolute Gasteiger partial charge is 0.312 e. The van der Waals surface area contributed by atoms with Crippen LogP contribution in [0.3, 0.4) is 0 Å². The number of hydrogen-bond acceptors (Lipinski definition) is 3. The molecular formula is C15H21ClN2O2. The first-order chi connectivity index (χ1) is 9.56. The Bertz CT molecular complexity index is 479. The first-order valence-electron chi connectivity index (χ1n) is 7.20. The molecule has 0 heterocycles. The van der Waals surface area contributed by atoms with Gasteiger partial charge in [-0.1, -0.05) is 31.4 Å². The van der Waals surface area contributed by atoms with Gasteiger partial charge in [-0.15, -0.1) is 0 Å². The smallest absolute Gasteiger partial charge is 0.270 e. The summed E-state index contributed by atoms with van der Waals surface area (Å²) < 4.78 is 0. The summed E-state index contributed by atoms with van der Waals surface area (Å²) in [7, 11) is 0. The van der Waals surface area contributed by atoms with Crippen LogP contribution in [0.5, 0.6) is 0 Å². The zero-order valence-electron chi connectivity index (χ0n) is 11.8. The Balaban J connectivity index is 1.83. The van der Waals surface area contributed by atoms with Crippen LogP contribution >= 0.6 is 11.6 Å². The molecule has 2 atom stereocenters. The predicted molar refractivity (Wildman–Crippen MR) is 80.9 cm³/mol. The molecule has 1 saturated carbocycles. The van der Waals surface area contributed by atoms with E-state index in [0.29, 0.717) is 11.6 Å². The average molecular weight is 297 g/mol. The zero-order chi connectivity index (χ0) is 14.5. The maximum atomic E-state index is 10.6. The van der Waals surface area contributed by atoms with E-state index in [2.05, 4.69) is 12.2 Å². The van der Waals surface area contributed by atoms with Gasteiger partial charge in [0.15, 0.2) is 0 Å². The number of rotatable bonds is 5. The summed E-state index contributed by atoms with van der Waals surface area (Å²) in [5.74, 6) is 1.58. The van der Waals surface area contributed by atoms with Gasteiger partial charge in [-0.2, -0.15) is 0 Å². The quantitative estimate of drug-likeness (QED) is 0.655. The van der Waals surface area contributed by atoms with E-state index in [-0.39, 0.29) is 5.69 Å². The average Bonchev–Trinajstić information content (AvgIpc) is 2.40. The van der Waals surface area contributed by atoms with Crippen LogP contribution in [0.25, 0.3) is 0 Å². The molecule has 1 aromatic rings. The lowest BCUT2D eigenvalue weighted by atomic mass is 9.82. The van der Waals surface area contributed by atoms with Crippen molar-refractivity contribution in [3.63, 3.8) is 0 Å². The third-order valence-corrected chi connectivity index (χ3v) is 4.39. The summed E-state index contributed by atoms with van der Waals surface area (Å²) in [5, 5.41) is 14.5. The number of nitrogens with zero attached hydrogens (tertiary/aromatic N) is 1. The summed E-state index contributed by atoms with van der Waals surface area (Å²) in [5.41, 5.74) is 0.959. The van der Waals surface area contributed by atoms with Gasteiger partial charge in [0.1, 0.15) is 0 Å². The fraction of sp³-hybridized carbons (Fsp3) is 0.600. The van der Waals surface area contributed by atoms with Gasteiger partial charge in [-0.3, -0.25) is 10.1 Å². The van der Waals surface area contributed by atoms with Crippen LogP contribution in [-0.4, -0.2) is 11.5 Å². The van der Waals surface area contributed by atoms with Crippen molar-refractivity contribution < 1.29 is 4.92 Å². The molecule has 20 heavy (non-hydrogen) atoms. The second kappa shape index (κ2) is 7.04. The highest BCUT2D eigenvalue weighted by atomic mass is 35.5. The van der Waals surface area contributed by atoms with Crippen molar-refractivity contribution in [1.29, 1.82) is 0 Å². The van der Waals surface area contributed by atoms with Gasteiger partial charge < -0.3 is 5.32 Å². The van der Waals surface area contributed by atoms with Gasteiger partial charge in [-0.05, 0) is 42.9 Å². The standard InChI is InChI=1S/C15H21ClN2O2/c1-11-3-2-4-12(7-11)9-17-10-13-5-6-14(18(19)20)8-15(13)16/h5-6,8,11-12,17H,2-4,7,9-10H2,1H3. The van der Waals surface area contributed by atoms with Crippen LogP contribution in [0, 0.1) is 22.0 Å². The number of hydrogen-bond donors (Lipinski definition) is 1. The summed E-state index contributed by atoms with van der Waals surface area (Å²) >= 11 is 6.07. The second-order valence-corrected chi connectivity index (χ2v) is 6.21. The van der Waals surface area contributed by atoms with Gasteiger partial charge in [0, 0.05) is 18.7 Å². The van der Waals surface area contributed by atoms with E-state index in [1.807, 2.05) is 0 Å². The van der Waals surface area contributed by atoms with Crippen molar-refractivity contribution in [2.24, 2.45) is 11.8 Å². The van der Waals surface area contributed by atoms with Gasteiger partial charge in [-0.25, -0.2) is 0 Å². The van der Waals surface area contributed by atoms with Gasteiger partial charge in [0.25, 0.3) is 5.69 Å². The highest BCUT2D eigenvalue weighted by molar-refractivity contribution is 6.31. The molecule has 1 aromatic carbocycles. The van der Waals surface area contributed by atoms with E-state index in [9.17, 15) is 10.1 Å². The van der Waals surface area contributed by atoms with Crippen LogP contribution < -0.4 is 5.32 Å². The maximum absolute atomic E-state index is 10.6. The van der Waals surface area contributed by atoms with Crippen LogP contribution in [0.1, 0.15) is 38.2 Å². The molecule has 0 bridgehead atoms. The van der Waals surface area contributed by atoms with E-state index in [4.69, 9.17) is 11.6 Å². The normalized spacial score (nSPS) is 22.7. The number of non-ortho nitro benzene ring substituents is 1. The van der Waals surface area contributed by atoms with Crippen molar-refractivity contribution in [2.45, 2.75) is 39.2 Å². The third-order valence-electron chi connectivity index (χ3n) is 4.04. The van der Waals surface area contributed by atoms with Crippen molar-refractivity contribution in [3.05, 3.63) is 38.9 Å². The Hall–Kier alpha value is -1.13. The number of nitro groups is 1. The minimum absolute atomic E-state index is 0.0415. The summed E-state index contributed by atoms with van der Waals surface area (Å²) in [4.78, 5) is 10.2. The minimum atomic E-state index is -0.424. The SMILES string of the molecule is CC1CCCC(CNCc2ccc([N+](=O)[O-])cc2Cl)C1. The number of nitrogens with one attached hydrogen (secondary N) is 1. The molecule has 0 amide bonds. The Morgan fingerprint density at radius 2 is 2.25 bits per heavy atom. The molecule has 0 saturated heterocycles. The molecule has 2 unspecified atom stereocenters. The highest BCUT2D eigenvalue weighted by Crippen LogP contribution is 2.28. The van der Waals surface area contributed by atoms with Crippen LogP contribution in [0.2, 0.25) is 5.02 Å². The lowest BCUT2D eigenvalue weighted by Crippen LogP contribution is -2.26. The number of benzene rings is 1. The Morgan fingerprint density at radius 3 is 2.90 bits per heavy atom. The lowest BCUT2D eigenvalue weighted by molar-refractivity contribution is -0.384. The molecule has 0 spiro atoms. The van der Waals surface area contributed by atoms with Crippen molar-refractivity contribution >= 4 is 17.3 Å². The lowest BCUT2D eigenvalue weighted by Gasteiger charge is -2.26. The Kier molecular flexibility index (Phi) is 5.38. The summed E-state index contributed by atoms with van der Waals surface area (Å²) in [6.07, 6.45) is 5.27. The highest BCUT2D eigenvalue weighted by Gasteiger charge is 2.18. The third kappa shape index (κ3) is 4.18. The zero-order valence-corrected chi connectivity index (χ0v) is 12.5. The first kappa shape index (κ1) is 15.3. The van der Waals surface area contributed by atoms with Gasteiger partial charge in [0.2, 0.25) is 0 Å². The Morgan fingerprint density at radius 1 is 1.45 bits per heavy atom. The minimum Gasteiger partial charge on any atom is -0.312 e. The van der Waals surface area contributed by atoms with E-state index >= 15 is 0 Å². The summed E-state index contributed by atoms with van der Waals surface area (Å²) in [6.45, 7) is 3.98. The summed E-state index contributed by atoms with van der Waals surface area (Å²) in [6, 6.07) is 4.66.